The van der Waals surface area contributed by atoms with Gasteiger partial charge in [-0.1, -0.05) is 12.1 Å². The van der Waals surface area contributed by atoms with E-state index in [0.717, 1.165) is 0 Å². The van der Waals surface area contributed by atoms with Crippen molar-refractivity contribution in [1.82, 2.24) is 10.4 Å². The Bertz CT molecular complexity index is 938. The van der Waals surface area contributed by atoms with Gasteiger partial charge in [0.1, 0.15) is 17.2 Å². The quantitative estimate of drug-likeness (QED) is 0.807. The minimum absolute atomic E-state index is 0.0494. The first-order valence-corrected chi connectivity index (χ1v) is 7.64. The van der Waals surface area contributed by atoms with Crippen LogP contribution in [-0.2, 0) is 0 Å². The number of carbonyl (C=O) groups is 3. The summed E-state index contributed by atoms with van der Waals surface area (Å²) >= 11 is 0. The van der Waals surface area contributed by atoms with E-state index in [1.165, 1.54) is 32.4 Å². The highest BCUT2D eigenvalue weighted by Crippen LogP contribution is 2.38. The van der Waals surface area contributed by atoms with Gasteiger partial charge in [-0.2, -0.15) is 5.01 Å². The fraction of sp³-hybridized carbons (Fsp3) is 0.167. The highest BCUT2D eigenvalue weighted by Gasteiger charge is 2.41. The molecule has 0 saturated carbocycles. The zero-order valence-corrected chi connectivity index (χ0v) is 14.3. The number of benzene rings is 2. The van der Waals surface area contributed by atoms with E-state index in [9.17, 15) is 19.5 Å². The van der Waals surface area contributed by atoms with Crippen LogP contribution in [0.1, 0.15) is 36.6 Å². The number of ether oxygens (including phenoxy) is 2. The maximum absolute atomic E-state index is 12.7. The van der Waals surface area contributed by atoms with E-state index in [0.29, 0.717) is 16.3 Å². The summed E-state index contributed by atoms with van der Waals surface area (Å²) in [5.41, 5.74) is 2.84. The molecular weight excluding hydrogens is 340 g/mol. The van der Waals surface area contributed by atoms with E-state index in [-0.39, 0.29) is 28.2 Å². The predicted molar refractivity (Wildman–Crippen MR) is 90.4 cm³/mol. The van der Waals surface area contributed by atoms with Crippen LogP contribution in [0, 0.1) is 6.92 Å². The van der Waals surface area contributed by atoms with Crippen molar-refractivity contribution in [3.8, 4) is 17.2 Å². The Morgan fingerprint density at radius 3 is 2.42 bits per heavy atom. The summed E-state index contributed by atoms with van der Waals surface area (Å²) in [6.45, 7) is 1.69. The Morgan fingerprint density at radius 2 is 1.81 bits per heavy atom. The molecule has 0 unspecified atom stereocenters. The van der Waals surface area contributed by atoms with Gasteiger partial charge in [0, 0.05) is 5.56 Å². The van der Waals surface area contributed by atoms with Crippen LogP contribution >= 0.6 is 0 Å². The summed E-state index contributed by atoms with van der Waals surface area (Å²) < 4.78 is 10.5. The van der Waals surface area contributed by atoms with Crippen LogP contribution in [0.25, 0.3) is 0 Å². The number of phenols is 1. The lowest BCUT2D eigenvalue weighted by molar-refractivity contribution is 0.0516. The zero-order valence-electron chi connectivity index (χ0n) is 14.3. The molecule has 0 aromatic heterocycles. The van der Waals surface area contributed by atoms with Crippen molar-refractivity contribution in [3.63, 3.8) is 0 Å². The summed E-state index contributed by atoms with van der Waals surface area (Å²) in [6.07, 6.45) is 0. The van der Waals surface area contributed by atoms with Gasteiger partial charge >= 0.3 is 0 Å². The molecule has 3 rings (SSSR count). The van der Waals surface area contributed by atoms with Crippen LogP contribution in [0.3, 0.4) is 0 Å². The second-order valence-electron chi connectivity index (χ2n) is 5.56. The summed E-state index contributed by atoms with van der Waals surface area (Å²) in [5.74, 6) is -1.91. The molecule has 0 fully saturated rings. The lowest BCUT2D eigenvalue weighted by Gasteiger charge is -2.15. The topological polar surface area (TPSA) is 105 Å². The second kappa shape index (κ2) is 6.40. The Hall–Kier alpha value is -3.55. The van der Waals surface area contributed by atoms with E-state index in [1.807, 2.05) is 0 Å². The predicted octanol–water partition coefficient (Wildman–Crippen LogP) is 1.66. The monoisotopic (exact) mass is 356 g/mol. The van der Waals surface area contributed by atoms with Gasteiger partial charge in [-0.05, 0) is 25.1 Å². The van der Waals surface area contributed by atoms with Crippen molar-refractivity contribution in [3.05, 3.63) is 52.6 Å². The highest BCUT2D eigenvalue weighted by molar-refractivity contribution is 6.23. The number of phenolic OH excluding ortho intramolecular Hbond substituents is 1. The van der Waals surface area contributed by atoms with Crippen LogP contribution < -0.4 is 14.9 Å². The number of hydrazine groups is 1. The first-order valence-electron chi connectivity index (χ1n) is 7.64. The van der Waals surface area contributed by atoms with E-state index < -0.39 is 17.7 Å². The number of hydrogen-bond donors (Lipinski definition) is 2. The number of methoxy groups -OCH3 is 2. The average Bonchev–Trinajstić information content (AvgIpc) is 2.86. The van der Waals surface area contributed by atoms with Crippen molar-refractivity contribution in [2.75, 3.05) is 14.2 Å². The number of aromatic hydroxyl groups is 1. The number of amides is 3. The van der Waals surface area contributed by atoms with Gasteiger partial charge in [0.2, 0.25) is 0 Å². The molecule has 0 bridgehead atoms. The average molecular weight is 356 g/mol. The first-order chi connectivity index (χ1) is 12.4. The Kier molecular flexibility index (Phi) is 4.25. The number of fused-ring (bicyclic) bond motifs is 1. The maximum Gasteiger partial charge on any atom is 0.284 e. The third-order valence-corrected chi connectivity index (χ3v) is 4.12. The van der Waals surface area contributed by atoms with E-state index in [4.69, 9.17) is 9.47 Å². The fourth-order valence-electron chi connectivity index (χ4n) is 2.83. The number of imide groups is 1. The molecule has 0 atom stereocenters. The van der Waals surface area contributed by atoms with E-state index >= 15 is 0 Å². The molecule has 0 radical (unpaired) electrons. The molecule has 26 heavy (non-hydrogen) atoms. The van der Waals surface area contributed by atoms with Gasteiger partial charge in [0.05, 0.1) is 30.9 Å². The minimum Gasteiger partial charge on any atom is -0.507 e. The Labute approximate surface area is 148 Å². The number of hydrogen-bond acceptors (Lipinski definition) is 6. The molecule has 8 heteroatoms. The zero-order chi connectivity index (χ0) is 19.0. The van der Waals surface area contributed by atoms with Crippen LogP contribution in [0.4, 0.5) is 0 Å². The van der Waals surface area contributed by atoms with Crippen molar-refractivity contribution < 1.29 is 29.0 Å². The molecule has 134 valence electrons. The maximum atomic E-state index is 12.7. The first kappa shape index (κ1) is 17.3. The van der Waals surface area contributed by atoms with Crippen LogP contribution in [0.2, 0.25) is 0 Å². The summed E-state index contributed by atoms with van der Waals surface area (Å²) in [7, 11) is 2.82. The molecule has 1 aliphatic rings. The molecule has 8 nitrogen and oxygen atoms in total. The van der Waals surface area contributed by atoms with Gasteiger partial charge in [0.15, 0.2) is 0 Å². The van der Waals surface area contributed by atoms with Gasteiger partial charge in [-0.3, -0.25) is 19.8 Å². The van der Waals surface area contributed by atoms with Crippen LogP contribution in [-0.4, -0.2) is 42.1 Å². The molecule has 1 aliphatic heterocycles. The normalized spacial score (nSPS) is 12.8. The molecule has 0 aliphatic carbocycles. The van der Waals surface area contributed by atoms with Gasteiger partial charge in [0.25, 0.3) is 17.7 Å². The molecule has 2 aromatic carbocycles. The molecular formula is C18H16N2O6. The summed E-state index contributed by atoms with van der Waals surface area (Å²) in [5, 5.41) is 10.4. The Balaban J connectivity index is 1.99. The van der Waals surface area contributed by atoms with Crippen molar-refractivity contribution in [2.24, 2.45) is 0 Å². The largest absolute Gasteiger partial charge is 0.507 e. The number of rotatable bonds is 4. The number of carbonyl (C=O) groups excluding carboxylic acids is 3. The third-order valence-electron chi connectivity index (χ3n) is 4.12. The lowest BCUT2D eigenvalue weighted by atomic mass is 10.0. The smallest absolute Gasteiger partial charge is 0.284 e. The van der Waals surface area contributed by atoms with Gasteiger partial charge in [-0.25, -0.2) is 0 Å². The standard InChI is InChI=1S/C18H16N2O6/c1-9-13(25-2)8-11-14(15(9)26-3)18(24)20(17(11)23)19-16(22)10-6-4-5-7-12(10)21/h4-8,21H,1-3H3,(H,19,22). The molecule has 2 N–H and O–H groups in total. The Morgan fingerprint density at radius 1 is 1.12 bits per heavy atom. The second-order valence-corrected chi connectivity index (χ2v) is 5.56. The number of nitrogens with zero attached hydrogens (tertiary/aromatic N) is 1. The van der Waals surface area contributed by atoms with Crippen molar-refractivity contribution >= 4 is 17.7 Å². The van der Waals surface area contributed by atoms with Gasteiger partial charge < -0.3 is 14.6 Å². The lowest BCUT2D eigenvalue weighted by Crippen LogP contribution is -2.45. The number of nitrogens with one attached hydrogen (secondary N) is 1. The molecule has 1 heterocycles. The molecule has 2 aromatic rings. The highest BCUT2D eigenvalue weighted by atomic mass is 16.5. The summed E-state index contributed by atoms with van der Waals surface area (Å²) in [6, 6.07) is 7.23. The molecule has 0 saturated heterocycles. The number of para-hydroxylation sites is 1. The van der Waals surface area contributed by atoms with Crippen molar-refractivity contribution in [1.29, 1.82) is 0 Å². The van der Waals surface area contributed by atoms with Gasteiger partial charge in [-0.15, -0.1) is 0 Å². The van der Waals surface area contributed by atoms with Crippen LogP contribution in [0.5, 0.6) is 17.2 Å². The fourth-order valence-corrected chi connectivity index (χ4v) is 2.83. The third kappa shape index (κ3) is 2.52. The van der Waals surface area contributed by atoms with Crippen molar-refractivity contribution in [2.45, 2.75) is 6.92 Å². The summed E-state index contributed by atoms with van der Waals surface area (Å²) in [4.78, 5) is 37.7. The van der Waals surface area contributed by atoms with Crippen LogP contribution in [0.15, 0.2) is 30.3 Å². The van der Waals surface area contributed by atoms with E-state index in [2.05, 4.69) is 5.43 Å². The molecule has 3 amide bonds. The minimum atomic E-state index is -0.791. The van der Waals surface area contributed by atoms with E-state index in [1.54, 1.807) is 19.1 Å². The molecule has 0 spiro atoms. The SMILES string of the molecule is COc1cc2c(c(OC)c1C)C(=O)N(NC(=O)c1ccccc1O)C2=O.